The quantitative estimate of drug-likeness (QED) is 0.269. The molecule has 0 unspecified atom stereocenters. The first-order valence-corrected chi connectivity index (χ1v) is 12.2. The number of unbranched alkanes of at least 4 members (excludes halogenated alkanes) is 2. The molecule has 0 N–H and O–H groups in total. The van der Waals surface area contributed by atoms with Crippen LogP contribution in [0.1, 0.15) is 88.7 Å². The molecule has 0 radical (unpaired) electrons. The highest BCUT2D eigenvalue weighted by atomic mass is 16.5. The van der Waals surface area contributed by atoms with Crippen molar-refractivity contribution in [1.29, 1.82) is 0 Å². The van der Waals surface area contributed by atoms with Gasteiger partial charge in [-0.15, -0.1) is 0 Å². The van der Waals surface area contributed by atoms with E-state index in [9.17, 15) is 0 Å². The molecule has 1 heteroatoms. The van der Waals surface area contributed by atoms with Crippen LogP contribution in [0.2, 0.25) is 0 Å². The highest BCUT2D eigenvalue weighted by Crippen LogP contribution is 2.38. The molecule has 3 rings (SSSR count). The van der Waals surface area contributed by atoms with Crippen molar-refractivity contribution >= 4 is 0 Å². The van der Waals surface area contributed by atoms with Gasteiger partial charge in [-0.2, -0.15) is 0 Å². The Kier molecular flexibility index (Phi) is 9.70. The Balaban J connectivity index is 1.47. The van der Waals surface area contributed by atoms with E-state index in [1.54, 1.807) is 0 Å². The molecule has 0 heterocycles. The van der Waals surface area contributed by atoms with Gasteiger partial charge in [0.1, 0.15) is 0 Å². The third-order valence-corrected chi connectivity index (χ3v) is 6.65. The maximum atomic E-state index is 5.78. The molecule has 30 heavy (non-hydrogen) atoms. The van der Waals surface area contributed by atoms with Crippen LogP contribution in [-0.4, -0.2) is 6.61 Å². The Bertz CT molecular complexity index is 733. The lowest BCUT2D eigenvalue weighted by Gasteiger charge is -2.28. The summed E-state index contributed by atoms with van der Waals surface area (Å²) in [6, 6.07) is 18.2. The molecule has 1 nitrogen and oxygen atoms in total. The molecule has 2 aromatic rings. The van der Waals surface area contributed by atoms with Crippen LogP contribution in [0.15, 0.2) is 60.7 Å². The molecular weight excluding hydrogens is 364 g/mol. The van der Waals surface area contributed by atoms with E-state index in [4.69, 9.17) is 4.74 Å². The predicted molar refractivity (Wildman–Crippen MR) is 130 cm³/mol. The van der Waals surface area contributed by atoms with Gasteiger partial charge in [-0.3, -0.25) is 0 Å². The first-order chi connectivity index (χ1) is 14.8. The molecule has 0 amide bonds. The van der Waals surface area contributed by atoms with Crippen LogP contribution in [-0.2, 0) is 11.3 Å². The van der Waals surface area contributed by atoms with Gasteiger partial charge >= 0.3 is 0 Å². The predicted octanol–water partition coefficient (Wildman–Crippen LogP) is 8.69. The van der Waals surface area contributed by atoms with E-state index in [1.807, 2.05) is 0 Å². The summed E-state index contributed by atoms with van der Waals surface area (Å²) in [6.45, 7) is 5.94. The molecule has 0 aromatic heterocycles. The Morgan fingerprint density at radius 2 is 1.53 bits per heavy atom. The smallest absolute Gasteiger partial charge is 0.0716 e. The molecule has 2 aromatic carbocycles. The fraction of sp³-hybridized carbons (Fsp3) is 0.517. The molecular formula is C29H40O. The van der Waals surface area contributed by atoms with Gasteiger partial charge in [-0.1, -0.05) is 80.4 Å². The summed E-state index contributed by atoms with van der Waals surface area (Å²) < 4.78 is 5.78. The summed E-state index contributed by atoms with van der Waals surface area (Å²) >= 11 is 0. The second kappa shape index (κ2) is 12.7. The van der Waals surface area contributed by atoms with Crippen LogP contribution in [0.5, 0.6) is 0 Å². The van der Waals surface area contributed by atoms with Crippen molar-refractivity contribution in [2.24, 2.45) is 5.92 Å². The number of allylic oxidation sites excluding steroid dienone is 2. The van der Waals surface area contributed by atoms with Crippen molar-refractivity contribution in [2.45, 2.75) is 84.2 Å². The fourth-order valence-electron chi connectivity index (χ4n) is 4.67. The minimum absolute atomic E-state index is 0.723. The number of benzene rings is 2. The molecule has 0 bridgehead atoms. The largest absolute Gasteiger partial charge is 0.377 e. The van der Waals surface area contributed by atoms with Crippen LogP contribution in [0.25, 0.3) is 11.1 Å². The molecule has 0 aliphatic heterocycles. The fourth-order valence-corrected chi connectivity index (χ4v) is 4.67. The lowest BCUT2D eigenvalue weighted by molar-refractivity contribution is 0.117. The summed E-state index contributed by atoms with van der Waals surface area (Å²) in [7, 11) is 0. The van der Waals surface area contributed by atoms with Gasteiger partial charge in [0.25, 0.3) is 0 Å². The third kappa shape index (κ3) is 7.13. The van der Waals surface area contributed by atoms with Gasteiger partial charge < -0.3 is 4.74 Å². The maximum absolute atomic E-state index is 5.78. The second-order valence-electron chi connectivity index (χ2n) is 8.94. The van der Waals surface area contributed by atoms with E-state index < -0.39 is 0 Å². The van der Waals surface area contributed by atoms with Crippen LogP contribution in [0.3, 0.4) is 0 Å². The molecule has 1 fully saturated rings. The minimum atomic E-state index is 0.723. The summed E-state index contributed by atoms with van der Waals surface area (Å²) in [5, 5.41) is 0. The first-order valence-electron chi connectivity index (χ1n) is 12.2. The lowest BCUT2D eigenvalue weighted by Crippen LogP contribution is -2.13. The van der Waals surface area contributed by atoms with E-state index >= 15 is 0 Å². The van der Waals surface area contributed by atoms with Crippen LogP contribution in [0.4, 0.5) is 0 Å². The van der Waals surface area contributed by atoms with Gasteiger partial charge in [0.15, 0.2) is 0 Å². The zero-order valence-electron chi connectivity index (χ0n) is 19.1. The van der Waals surface area contributed by atoms with E-state index in [0.29, 0.717) is 0 Å². The van der Waals surface area contributed by atoms with E-state index in [0.717, 1.165) is 25.0 Å². The van der Waals surface area contributed by atoms with Crippen molar-refractivity contribution in [3.8, 4) is 11.1 Å². The Morgan fingerprint density at radius 1 is 0.867 bits per heavy atom. The zero-order valence-corrected chi connectivity index (χ0v) is 19.1. The van der Waals surface area contributed by atoms with Crippen molar-refractivity contribution in [1.82, 2.24) is 0 Å². The highest BCUT2D eigenvalue weighted by Gasteiger charge is 2.21. The zero-order chi connectivity index (χ0) is 21.0. The van der Waals surface area contributed by atoms with Gasteiger partial charge in [0.2, 0.25) is 0 Å². The molecule has 1 saturated carbocycles. The lowest BCUT2D eigenvalue weighted by atomic mass is 9.77. The van der Waals surface area contributed by atoms with Gasteiger partial charge in [0, 0.05) is 6.61 Å². The van der Waals surface area contributed by atoms with E-state index in [-0.39, 0.29) is 0 Å². The Morgan fingerprint density at radius 3 is 2.17 bits per heavy atom. The van der Waals surface area contributed by atoms with Gasteiger partial charge in [-0.25, -0.2) is 0 Å². The monoisotopic (exact) mass is 404 g/mol. The second-order valence-corrected chi connectivity index (χ2v) is 8.94. The summed E-state index contributed by atoms with van der Waals surface area (Å²) in [6.07, 6.45) is 16.3. The SMILES string of the molecule is CC=CCC[C@H]1CC[C@H](c2ccc(-c3ccc(COCCCCC)cc3)cc2)CC1. The summed E-state index contributed by atoms with van der Waals surface area (Å²) in [5.41, 5.74) is 5.40. The summed E-state index contributed by atoms with van der Waals surface area (Å²) in [5.74, 6) is 1.69. The van der Waals surface area contributed by atoms with E-state index in [2.05, 4.69) is 74.5 Å². The molecule has 1 aliphatic rings. The third-order valence-electron chi connectivity index (χ3n) is 6.65. The minimum Gasteiger partial charge on any atom is -0.377 e. The van der Waals surface area contributed by atoms with E-state index in [1.165, 1.54) is 80.0 Å². The van der Waals surface area contributed by atoms with Crippen LogP contribution < -0.4 is 0 Å². The molecule has 162 valence electrons. The van der Waals surface area contributed by atoms with Gasteiger partial charge in [-0.05, 0) is 86.0 Å². The number of hydrogen-bond acceptors (Lipinski definition) is 1. The number of hydrogen-bond donors (Lipinski definition) is 0. The van der Waals surface area contributed by atoms with Crippen molar-refractivity contribution in [3.63, 3.8) is 0 Å². The summed E-state index contributed by atoms with van der Waals surface area (Å²) in [4.78, 5) is 0. The average molecular weight is 405 g/mol. The molecule has 0 atom stereocenters. The standard InChI is InChI=1S/C29H40O/c1-3-5-7-9-24-10-14-26(15-11-24)28-18-20-29(21-19-28)27-16-12-25(13-17-27)23-30-22-8-6-4-2/h3,5,12-13,16-21,24,26H,4,6-11,14-15,22-23H2,1-2H3/t24-,26-. The first kappa shape index (κ1) is 22.8. The van der Waals surface area contributed by atoms with Gasteiger partial charge in [0.05, 0.1) is 6.61 Å². The van der Waals surface area contributed by atoms with Crippen molar-refractivity contribution in [3.05, 3.63) is 71.8 Å². The number of ether oxygens (including phenoxy) is 1. The molecule has 0 saturated heterocycles. The van der Waals surface area contributed by atoms with Crippen molar-refractivity contribution < 1.29 is 4.74 Å². The Hall–Kier alpha value is -1.86. The highest BCUT2D eigenvalue weighted by molar-refractivity contribution is 5.64. The normalized spacial score (nSPS) is 19.4. The Labute approximate surface area is 184 Å². The van der Waals surface area contributed by atoms with Crippen LogP contribution in [0, 0.1) is 5.92 Å². The topological polar surface area (TPSA) is 9.23 Å². The maximum Gasteiger partial charge on any atom is 0.0716 e. The van der Waals surface area contributed by atoms with Crippen molar-refractivity contribution in [2.75, 3.05) is 6.61 Å². The average Bonchev–Trinajstić information content (AvgIpc) is 2.80. The number of rotatable bonds is 11. The molecule has 1 aliphatic carbocycles. The molecule has 0 spiro atoms. The van der Waals surface area contributed by atoms with Crippen LogP contribution >= 0.6 is 0 Å².